The van der Waals surface area contributed by atoms with Gasteiger partial charge in [-0.05, 0) is 67.8 Å². The lowest BCUT2D eigenvalue weighted by molar-refractivity contribution is 0.101. The van der Waals surface area contributed by atoms with Gasteiger partial charge in [-0.3, -0.25) is 14.0 Å². The zero-order valence-electron chi connectivity index (χ0n) is 17.1. The summed E-state index contributed by atoms with van der Waals surface area (Å²) in [6.07, 6.45) is 1.72. The van der Waals surface area contributed by atoms with E-state index in [1.165, 1.54) is 0 Å². The van der Waals surface area contributed by atoms with Crippen molar-refractivity contribution in [3.05, 3.63) is 95.1 Å². The van der Waals surface area contributed by atoms with E-state index >= 15 is 0 Å². The van der Waals surface area contributed by atoms with Crippen molar-refractivity contribution in [3.8, 4) is 0 Å². The number of aromatic nitrogens is 2. The number of hydrogen-bond acceptors (Lipinski definition) is 3. The third-order valence-electron chi connectivity index (χ3n) is 4.84. The Labute approximate surface area is 174 Å². The highest BCUT2D eigenvalue weighted by Gasteiger charge is 2.22. The van der Waals surface area contributed by atoms with Gasteiger partial charge >= 0.3 is 0 Å². The molecule has 4 rings (SSSR count). The van der Waals surface area contributed by atoms with Gasteiger partial charge in [0.2, 0.25) is 5.82 Å². The molecule has 6 heteroatoms. The minimum atomic E-state index is -0.379. The van der Waals surface area contributed by atoms with Crippen molar-refractivity contribution in [2.75, 3.05) is 10.6 Å². The fourth-order valence-electron chi connectivity index (χ4n) is 3.49. The second kappa shape index (κ2) is 7.83. The molecule has 0 saturated carbocycles. The van der Waals surface area contributed by atoms with Crippen LogP contribution in [0.4, 0.5) is 11.4 Å². The van der Waals surface area contributed by atoms with E-state index in [2.05, 4.69) is 15.6 Å². The maximum absolute atomic E-state index is 13.0. The highest BCUT2D eigenvalue weighted by molar-refractivity contribution is 6.10. The summed E-state index contributed by atoms with van der Waals surface area (Å²) >= 11 is 0. The number of carbonyl (C=O) groups is 2. The molecule has 0 fully saturated rings. The molecule has 4 aromatic rings. The number of imidazole rings is 1. The lowest BCUT2D eigenvalue weighted by atomic mass is 10.1. The second-order valence-electron chi connectivity index (χ2n) is 7.34. The molecule has 150 valence electrons. The monoisotopic (exact) mass is 398 g/mol. The summed E-state index contributed by atoms with van der Waals surface area (Å²) in [4.78, 5) is 30.3. The third-order valence-corrected chi connectivity index (χ3v) is 4.84. The van der Waals surface area contributed by atoms with Crippen molar-refractivity contribution in [1.82, 2.24) is 9.38 Å². The molecule has 30 heavy (non-hydrogen) atoms. The lowest BCUT2D eigenvalue weighted by Crippen LogP contribution is -2.17. The number of rotatable bonds is 4. The molecular formula is C24H22N4O2. The van der Waals surface area contributed by atoms with Crippen LogP contribution in [0.5, 0.6) is 0 Å². The van der Waals surface area contributed by atoms with E-state index < -0.39 is 0 Å². The summed E-state index contributed by atoms with van der Waals surface area (Å²) in [6.45, 7) is 5.87. The Hall–Kier alpha value is -3.93. The van der Waals surface area contributed by atoms with Gasteiger partial charge in [0.15, 0.2) is 5.69 Å². The molecule has 0 spiro atoms. The van der Waals surface area contributed by atoms with Crippen molar-refractivity contribution in [2.24, 2.45) is 0 Å². The second-order valence-corrected chi connectivity index (χ2v) is 7.34. The van der Waals surface area contributed by atoms with Crippen LogP contribution in [0.3, 0.4) is 0 Å². The van der Waals surface area contributed by atoms with Crippen molar-refractivity contribution in [1.29, 1.82) is 0 Å². The maximum atomic E-state index is 13.0. The number of nitrogens with one attached hydrogen (secondary N) is 2. The number of anilines is 2. The highest BCUT2D eigenvalue weighted by atomic mass is 16.2. The average molecular weight is 398 g/mol. The first-order chi connectivity index (χ1) is 14.4. The number of aryl methyl sites for hydroxylation is 3. The quantitative estimate of drug-likeness (QED) is 0.520. The summed E-state index contributed by atoms with van der Waals surface area (Å²) in [7, 11) is 0. The van der Waals surface area contributed by atoms with E-state index in [9.17, 15) is 9.59 Å². The smallest absolute Gasteiger partial charge is 0.292 e. The van der Waals surface area contributed by atoms with Crippen molar-refractivity contribution < 1.29 is 9.59 Å². The Morgan fingerprint density at radius 3 is 2.27 bits per heavy atom. The summed E-state index contributed by atoms with van der Waals surface area (Å²) < 4.78 is 1.63. The van der Waals surface area contributed by atoms with Crippen LogP contribution in [-0.4, -0.2) is 21.2 Å². The SMILES string of the molecule is Cc1cc(C)cc(NC(=O)c2nc(C(=O)Nc3ccccc3C)n3ccccc23)c1. The molecule has 0 atom stereocenters. The Kier molecular flexibility index (Phi) is 5.06. The number of amides is 2. The van der Waals surface area contributed by atoms with Gasteiger partial charge in [0.05, 0.1) is 5.52 Å². The van der Waals surface area contributed by atoms with Gasteiger partial charge in [-0.2, -0.15) is 0 Å². The van der Waals surface area contributed by atoms with E-state index in [1.807, 2.05) is 69.3 Å². The van der Waals surface area contributed by atoms with Crippen LogP contribution in [0.1, 0.15) is 37.8 Å². The molecule has 0 bridgehead atoms. The molecule has 2 N–H and O–H groups in total. The molecule has 2 heterocycles. The Morgan fingerprint density at radius 1 is 0.833 bits per heavy atom. The first-order valence-electron chi connectivity index (χ1n) is 9.66. The van der Waals surface area contributed by atoms with E-state index in [0.29, 0.717) is 16.9 Å². The van der Waals surface area contributed by atoms with Crippen LogP contribution in [0, 0.1) is 20.8 Å². The molecule has 6 nitrogen and oxygen atoms in total. The van der Waals surface area contributed by atoms with E-state index in [0.717, 1.165) is 16.7 Å². The van der Waals surface area contributed by atoms with Crippen LogP contribution >= 0.6 is 0 Å². The zero-order valence-corrected chi connectivity index (χ0v) is 17.1. The van der Waals surface area contributed by atoms with E-state index in [-0.39, 0.29) is 23.3 Å². The molecule has 0 radical (unpaired) electrons. The summed E-state index contributed by atoms with van der Waals surface area (Å²) in [5.74, 6) is -0.589. The molecule has 2 aromatic carbocycles. The van der Waals surface area contributed by atoms with Gasteiger partial charge in [0, 0.05) is 17.6 Å². The standard InChI is InChI=1S/C24H22N4O2/c1-15-12-16(2)14-18(13-15)25-23(29)21-20-10-6-7-11-28(20)22(27-21)24(30)26-19-9-5-4-8-17(19)3/h4-14H,1-3H3,(H,25,29)(H,26,30). The van der Waals surface area contributed by atoms with Crippen LogP contribution in [0.25, 0.3) is 5.52 Å². The van der Waals surface area contributed by atoms with E-state index in [1.54, 1.807) is 22.7 Å². The number of nitrogens with zero attached hydrogens (tertiary/aromatic N) is 2. The van der Waals surface area contributed by atoms with Crippen LogP contribution in [0.15, 0.2) is 66.9 Å². The van der Waals surface area contributed by atoms with Gasteiger partial charge in [0.1, 0.15) is 0 Å². The third kappa shape index (κ3) is 3.80. The van der Waals surface area contributed by atoms with Gasteiger partial charge in [-0.25, -0.2) is 4.98 Å². The number of para-hydroxylation sites is 1. The minimum absolute atomic E-state index is 0.152. The summed E-state index contributed by atoms with van der Waals surface area (Å²) in [6, 6.07) is 18.7. The molecule has 0 aliphatic carbocycles. The molecule has 0 saturated heterocycles. The molecule has 0 unspecified atom stereocenters. The number of carbonyl (C=O) groups excluding carboxylic acids is 2. The van der Waals surface area contributed by atoms with Crippen LogP contribution in [0.2, 0.25) is 0 Å². The Morgan fingerprint density at radius 2 is 1.53 bits per heavy atom. The Bertz CT molecular complexity index is 1250. The zero-order chi connectivity index (χ0) is 21.3. The predicted molar refractivity (Wildman–Crippen MR) is 118 cm³/mol. The molecule has 2 aromatic heterocycles. The van der Waals surface area contributed by atoms with Gasteiger partial charge in [-0.1, -0.05) is 30.3 Å². The normalized spacial score (nSPS) is 10.8. The molecule has 0 aliphatic rings. The highest BCUT2D eigenvalue weighted by Crippen LogP contribution is 2.20. The maximum Gasteiger partial charge on any atom is 0.292 e. The fraction of sp³-hybridized carbons (Fsp3) is 0.125. The van der Waals surface area contributed by atoms with Crippen LogP contribution in [-0.2, 0) is 0 Å². The van der Waals surface area contributed by atoms with E-state index in [4.69, 9.17) is 0 Å². The molecular weight excluding hydrogens is 376 g/mol. The minimum Gasteiger partial charge on any atom is -0.321 e. The molecule has 2 amide bonds. The number of fused-ring (bicyclic) bond motifs is 1. The topological polar surface area (TPSA) is 75.5 Å². The molecule has 0 aliphatic heterocycles. The van der Waals surface area contributed by atoms with Gasteiger partial charge in [0.25, 0.3) is 11.8 Å². The summed E-state index contributed by atoms with van der Waals surface area (Å²) in [5, 5.41) is 5.78. The van der Waals surface area contributed by atoms with Crippen molar-refractivity contribution in [2.45, 2.75) is 20.8 Å². The number of benzene rings is 2. The number of pyridine rings is 1. The number of hydrogen-bond donors (Lipinski definition) is 2. The summed E-state index contributed by atoms with van der Waals surface area (Å²) in [5.41, 5.74) is 5.21. The first-order valence-corrected chi connectivity index (χ1v) is 9.66. The van der Waals surface area contributed by atoms with Crippen molar-refractivity contribution in [3.63, 3.8) is 0 Å². The first kappa shape index (κ1) is 19.4. The van der Waals surface area contributed by atoms with Gasteiger partial charge in [-0.15, -0.1) is 0 Å². The predicted octanol–water partition coefficient (Wildman–Crippen LogP) is 4.76. The largest absolute Gasteiger partial charge is 0.321 e. The average Bonchev–Trinajstić information content (AvgIpc) is 3.09. The van der Waals surface area contributed by atoms with Crippen molar-refractivity contribution >= 4 is 28.7 Å². The fourth-order valence-corrected chi connectivity index (χ4v) is 3.49. The lowest BCUT2D eigenvalue weighted by Gasteiger charge is -2.07. The van der Waals surface area contributed by atoms with Crippen LogP contribution < -0.4 is 10.6 Å². The van der Waals surface area contributed by atoms with Gasteiger partial charge < -0.3 is 10.6 Å². The Balaban J connectivity index is 1.69.